The highest BCUT2D eigenvalue weighted by atomic mass is 14.6. The van der Waals surface area contributed by atoms with E-state index in [1.807, 2.05) is 0 Å². The van der Waals surface area contributed by atoms with Crippen molar-refractivity contribution in [2.45, 2.75) is 25.7 Å². The van der Waals surface area contributed by atoms with E-state index in [-0.39, 0.29) is 5.41 Å². The Morgan fingerprint density at radius 2 is 2.00 bits per heavy atom. The van der Waals surface area contributed by atoms with Gasteiger partial charge in [-0.15, -0.1) is 0 Å². The molecular weight excluding hydrogens is 194 g/mol. The first-order chi connectivity index (χ1) is 7.62. The van der Waals surface area contributed by atoms with E-state index in [4.69, 9.17) is 5.73 Å². The minimum atomic E-state index is 0.210. The van der Waals surface area contributed by atoms with Gasteiger partial charge < -0.3 is 5.73 Å². The van der Waals surface area contributed by atoms with Crippen LogP contribution in [-0.4, -0.2) is 0 Å². The first-order valence-electron chi connectivity index (χ1n) is 5.88. The van der Waals surface area contributed by atoms with Crippen LogP contribution < -0.4 is 5.73 Å². The highest BCUT2D eigenvalue weighted by Crippen LogP contribution is 2.53. The third-order valence-corrected chi connectivity index (χ3v) is 4.11. The fraction of sp³-hybridized carbons (Fsp3) is 0.333. The van der Waals surface area contributed by atoms with Gasteiger partial charge in [-0.1, -0.05) is 44.2 Å². The van der Waals surface area contributed by atoms with Crippen molar-refractivity contribution in [3.8, 4) is 0 Å². The molecule has 1 heteroatoms. The molecule has 2 aliphatic carbocycles. The predicted molar refractivity (Wildman–Crippen MR) is 67.8 cm³/mol. The van der Waals surface area contributed by atoms with Crippen molar-refractivity contribution in [1.29, 1.82) is 0 Å². The smallest absolute Gasteiger partial charge is 0.0352 e. The van der Waals surface area contributed by atoms with Gasteiger partial charge in [0.25, 0.3) is 0 Å². The molecular formula is C15H17N. The van der Waals surface area contributed by atoms with Crippen LogP contribution in [0.25, 0.3) is 5.57 Å². The predicted octanol–water partition coefficient (Wildman–Crippen LogP) is 3.22. The molecule has 0 saturated carbocycles. The topological polar surface area (TPSA) is 26.0 Å². The van der Waals surface area contributed by atoms with Gasteiger partial charge in [-0.3, -0.25) is 0 Å². The Balaban J connectivity index is 2.32. The molecule has 3 rings (SSSR count). The fourth-order valence-corrected chi connectivity index (χ4v) is 3.21. The summed E-state index contributed by atoms with van der Waals surface area (Å²) < 4.78 is 0. The van der Waals surface area contributed by atoms with Gasteiger partial charge in [0, 0.05) is 5.70 Å². The maximum Gasteiger partial charge on any atom is 0.0352 e. The summed E-state index contributed by atoms with van der Waals surface area (Å²) in [6.45, 7) is 4.66. The molecule has 0 fully saturated rings. The fourth-order valence-electron chi connectivity index (χ4n) is 3.21. The lowest BCUT2D eigenvalue weighted by atomic mass is 9.74. The van der Waals surface area contributed by atoms with E-state index in [1.165, 1.54) is 16.7 Å². The molecule has 1 aromatic rings. The average Bonchev–Trinajstić information content (AvgIpc) is 2.51. The molecule has 0 radical (unpaired) electrons. The van der Waals surface area contributed by atoms with Gasteiger partial charge in [-0.05, 0) is 40.5 Å². The lowest BCUT2D eigenvalue weighted by Gasteiger charge is -2.29. The lowest BCUT2D eigenvalue weighted by Crippen LogP contribution is -2.25. The molecule has 0 spiro atoms. The van der Waals surface area contributed by atoms with Gasteiger partial charge in [-0.2, -0.15) is 0 Å². The van der Waals surface area contributed by atoms with E-state index < -0.39 is 0 Å². The quantitative estimate of drug-likeness (QED) is 0.700. The number of fused-ring (bicyclic) bond motifs is 3. The molecule has 0 aromatic heterocycles. The highest BCUT2D eigenvalue weighted by Gasteiger charge is 2.43. The monoisotopic (exact) mass is 211 g/mol. The van der Waals surface area contributed by atoms with Gasteiger partial charge in [0.1, 0.15) is 0 Å². The van der Waals surface area contributed by atoms with E-state index in [9.17, 15) is 0 Å². The zero-order valence-corrected chi connectivity index (χ0v) is 9.83. The summed E-state index contributed by atoms with van der Waals surface area (Å²) in [5.74, 6) is 0.551. The number of hydrogen-bond acceptors (Lipinski definition) is 1. The lowest BCUT2D eigenvalue weighted by molar-refractivity contribution is 0.413. The standard InChI is InChI=1S/C15H17N/c1-15(2)11-7-4-3-6-10(11)14-12(15)8-5-9-13(14)16/h3-7,9,12H,8,16H2,1-2H3/t12-/m0/s1. The van der Waals surface area contributed by atoms with E-state index >= 15 is 0 Å². The van der Waals surface area contributed by atoms with Crippen LogP contribution in [0.15, 0.2) is 42.1 Å². The summed E-state index contributed by atoms with van der Waals surface area (Å²) >= 11 is 0. The molecule has 16 heavy (non-hydrogen) atoms. The van der Waals surface area contributed by atoms with Crippen LogP contribution in [0.1, 0.15) is 31.4 Å². The van der Waals surface area contributed by atoms with Crippen LogP contribution in [0.2, 0.25) is 0 Å². The first kappa shape index (κ1) is 9.71. The first-order valence-corrected chi connectivity index (χ1v) is 5.88. The molecule has 0 amide bonds. The molecule has 0 heterocycles. The Kier molecular flexibility index (Phi) is 1.82. The number of nitrogens with two attached hydrogens (primary N) is 1. The van der Waals surface area contributed by atoms with E-state index in [0.29, 0.717) is 5.92 Å². The van der Waals surface area contributed by atoms with Crippen LogP contribution in [0.4, 0.5) is 0 Å². The van der Waals surface area contributed by atoms with Crippen LogP contribution in [0, 0.1) is 5.92 Å². The largest absolute Gasteiger partial charge is 0.398 e. The van der Waals surface area contributed by atoms with Gasteiger partial charge in [-0.25, -0.2) is 0 Å². The molecule has 2 aliphatic rings. The van der Waals surface area contributed by atoms with Crippen molar-refractivity contribution < 1.29 is 0 Å². The zero-order valence-electron chi connectivity index (χ0n) is 9.83. The molecule has 0 aliphatic heterocycles. The van der Waals surface area contributed by atoms with E-state index in [0.717, 1.165) is 12.1 Å². The summed E-state index contributed by atoms with van der Waals surface area (Å²) in [5, 5.41) is 0. The molecule has 0 bridgehead atoms. The van der Waals surface area contributed by atoms with Crippen LogP contribution >= 0.6 is 0 Å². The van der Waals surface area contributed by atoms with Crippen molar-refractivity contribution in [1.82, 2.24) is 0 Å². The molecule has 1 aromatic carbocycles. The molecule has 2 N–H and O–H groups in total. The van der Waals surface area contributed by atoms with Gasteiger partial charge >= 0.3 is 0 Å². The Morgan fingerprint density at radius 3 is 2.81 bits per heavy atom. The Labute approximate surface area is 96.7 Å². The number of hydrogen-bond donors (Lipinski definition) is 1. The number of allylic oxidation sites excluding steroid dienone is 3. The second-order valence-electron chi connectivity index (χ2n) is 5.33. The van der Waals surface area contributed by atoms with Crippen LogP contribution in [-0.2, 0) is 5.41 Å². The Morgan fingerprint density at radius 1 is 1.25 bits per heavy atom. The summed E-state index contributed by atoms with van der Waals surface area (Å²) in [7, 11) is 0. The van der Waals surface area contributed by atoms with Gasteiger partial charge in [0.05, 0.1) is 0 Å². The maximum atomic E-state index is 6.15. The molecule has 0 saturated heterocycles. The highest BCUT2D eigenvalue weighted by molar-refractivity contribution is 5.81. The average molecular weight is 211 g/mol. The minimum Gasteiger partial charge on any atom is -0.398 e. The zero-order chi connectivity index (χ0) is 11.3. The van der Waals surface area contributed by atoms with Crippen molar-refractivity contribution in [2.24, 2.45) is 11.7 Å². The third-order valence-electron chi connectivity index (χ3n) is 4.11. The van der Waals surface area contributed by atoms with Crippen molar-refractivity contribution in [2.75, 3.05) is 0 Å². The SMILES string of the molecule is CC1(C)c2ccccc2C2=C(N)C=CC[C@@H]21. The van der Waals surface area contributed by atoms with Gasteiger partial charge in [0.2, 0.25) is 0 Å². The van der Waals surface area contributed by atoms with E-state index in [1.54, 1.807) is 0 Å². The van der Waals surface area contributed by atoms with Gasteiger partial charge in [0.15, 0.2) is 0 Å². The summed E-state index contributed by atoms with van der Waals surface area (Å²) in [5.41, 5.74) is 11.5. The van der Waals surface area contributed by atoms with Crippen LogP contribution in [0.3, 0.4) is 0 Å². The second kappa shape index (κ2) is 3.00. The third kappa shape index (κ3) is 1.06. The molecule has 1 atom stereocenters. The molecule has 82 valence electrons. The maximum absolute atomic E-state index is 6.15. The van der Waals surface area contributed by atoms with E-state index in [2.05, 4.69) is 50.3 Å². The van der Waals surface area contributed by atoms with Crippen molar-refractivity contribution in [3.05, 3.63) is 53.2 Å². The number of rotatable bonds is 0. The Bertz CT molecular complexity index is 506. The van der Waals surface area contributed by atoms with Crippen molar-refractivity contribution in [3.63, 3.8) is 0 Å². The summed E-state index contributed by atoms with van der Waals surface area (Å²) in [6, 6.07) is 8.68. The normalized spacial score (nSPS) is 25.5. The summed E-state index contributed by atoms with van der Waals surface area (Å²) in [6.07, 6.45) is 5.37. The summed E-state index contributed by atoms with van der Waals surface area (Å²) in [4.78, 5) is 0. The Hall–Kier alpha value is -1.50. The minimum absolute atomic E-state index is 0.210. The number of benzene rings is 1. The van der Waals surface area contributed by atoms with Crippen LogP contribution in [0.5, 0.6) is 0 Å². The second-order valence-corrected chi connectivity index (χ2v) is 5.33. The van der Waals surface area contributed by atoms with Crippen molar-refractivity contribution >= 4 is 5.57 Å². The molecule has 0 unspecified atom stereocenters. The molecule has 1 nitrogen and oxygen atoms in total.